The van der Waals surface area contributed by atoms with E-state index in [9.17, 15) is 22.4 Å². The summed E-state index contributed by atoms with van der Waals surface area (Å²) in [4.78, 5) is 12.6. The lowest BCUT2D eigenvalue weighted by Gasteiger charge is -2.13. The second-order valence-electron chi connectivity index (χ2n) is 6.17. The van der Waals surface area contributed by atoms with Gasteiger partial charge in [0.05, 0.1) is 23.0 Å². The summed E-state index contributed by atoms with van der Waals surface area (Å²) in [5.74, 6) is -1.74. The zero-order valence-corrected chi connectivity index (χ0v) is 14.8. The van der Waals surface area contributed by atoms with Gasteiger partial charge in [-0.1, -0.05) is 11.3 Å². The number of hydrogen-bond acceptors (Lipinski definition) is 4. The Labute approximate surface area is 160 Å². The van der Waals surface area contributed by atoms with Gasteiger partial charge in [0.2, 0.25) is 0 Å². The van der Waals surface area contributed by atoms with Crippen molar-refractivity contribution in [3.8, 4) is 5.69 Å². The van der Waals surface area contributed by atoms with Crippen molar-refractivity contribution in [1.29, 1.82) is 0 Å². The van der Waals surface area contributed by atoms with Crippen LogP contribution in [0, 0.1) is 5.82 Å². The molecule has 1 amide bonds. The van der Waals surface area contributed by atoms with E-state index < -0.39 is 29.2 Å². The molecule has 4 aromatic rings. The molecule has 2 aromatic heterocycles. The largest absolute Gasteiger partial charge is 0.434 e. The van der Waals surface area contributed by atoms with Gasteiger partial charge in [0.25, 0.3) is 5.91 Å². The van der Waals surface area contributed by atoms with Crippen molar-refractivity contribution in [1.82, 2.24) is 24.8 Å². The highest BCUT2D eigenvalue weighted by Gasteiger charge is 2.40. The van der Waals surface area contributed by atoms with Crippen LogP contribution in [0.25, 0.3) is 16.7 Å². The molecule has 0 aliphatic rings. The molecule has 0 bridgehead atoms. The zero-order valence-electron chi connectivity index (χ0n) is 14.8. The van der Waals surface area contributed by atoms with Crippen LogP contribution in [0.3, 0.4) is 0 Å². The second-order valence-corrected chi connectivity index (χ2v) is 6.17. The molecule has 0 aliphatic carbocycles. The number of aromatic nitrogens is 5. The van der Waals surface area contributed by atoms with E-state index in [0.29, 0.717) is 15.7 Å². The summed E-state index contributed by atoms with van der Waals surface area (Å²) in [6, 6.07) is 9.14. The molecule has 4 rings (SSSR count). The zero-order chi connectivity index (χ0) is 20.8. The number of nitrogens with one attached hydrogen (secondary N) is 1. The molecular formula is C18H12F4N6O. The first-order chi connectivity index (χ1) is 13.7. The lowest BCUT2D eigenvalue weighted by molar-refractivity contribution is -0.143. The van der Waals surface area contributed by atoms with Crippen LogP contribution in [0.5, 0.6) is 0 Å². The lowest BCUT2D eigenvalue weighted by atomic mass is 10.2. The van der Waals surface area contributed by atoms with Crippen LogP contribution in [0.1, 0.15) is 16.1 Å². The van der Waals surface area contributed by atoms with Gasteiger partial charge in [0.1, 0.15) is 11.3 Å². The highest BCUT2D eigenvalue weighted by atomic mass is 19.4. The van der Waals surface area contributed by atoms with Gasteiger partial charge in [-0.15, -0.1) is 5.10 Å². The topological polar surface area (TPSA) is 77.6 Å². The standard InChI is InChI=1S/C18H12F4N6O/c1-27-15-6-5-11(8-14(15)25-26-27)24-17(29)13-9-23-28(16(13)18(20,21)22)12-4-2-3-10(19)7-12/h2-9H,1H3,(H,24,29). The minimum atomic E-state index is -4.90. The lowest BCUT2D eigenvalue weighted by Crippen LogP contribution is -2.20. The van der Waals surface area contributed by atoms with Crippen LogP contribution in [-0.2, 0) is 13.2 Å². The number of benzene rings is 2. The van der Waals surface area contributed by atoms with E-state index >= 15 is 0 Å². The number of fused-ring (bicyclic) bond motifs is 1. The van der Waals surface area contributed by atoms with Gasteiger partial charge in [-0.25, -0.2) is 13.8 Å². The molecular weight excluding hydrogens is 392 g/mol. The SMILES string of the molecule is Cn1nnc2cc(NC(=O)c3cnn(-c4cccc(F)c4)c3C(F)(F)F)ccc21. The molecule has 0 unspecified atom stereocenters. The first-order valence-electron chi connectivity index (χ1n) is 8.26. The Morgan fingerprint density at radius 1 is 1.14 bits per heavy atom. The van der Waals surface area contributed by atoms with Crippen LogP contribution in [0.15, 0.2) is 48.7 Å². The Morgan fingerprint density at radius 2 is 1.93 bits per heavy atom. The number of nitrogens with zero attached hydrogens (tertiary/aromatic N) is 5. The molecule has 2 aromatic carbocycles. The van der Waals surface area contributed by atoms with Crippen LogP contribution >= 0.6 is 0 Å². The third kappa shape index (κ3) is 3.42. The van der Waals surface area contributed by atoms with E-state index in [1.165, 1.54) is 28.9 Å². The monoisotopic (exact) mass is 404 g/mol. The molecule has 0 spiro atoms. The maximum absolute atomic E-state index is 13.7. The Morgan fingerprint density at radius 3 is 2.66 bits per heavy atom. The molecule has 0 saturated heterocycles. The highest BCUT2D eigenvalue weighted by Crippen LogP contribution is 2.34. The molecule has 29 heavy (non-hydrogen) atoms. The quantitative estimate of drug-likeness (QED) is 0.530. The van der Waals surface area contributed by atoms with Crippen molar-refractivity contribution in [3.05, 3.63) is 65.7 Å². The van der Waals surface area contributed by atoms with Crippen molar-refractivity contribution in [2.75, 3.05) is 5.32 Å². The fraction of sp³-hybridized carbons (Fsp3) is 0.111. The normalized spacial score (nSPS) is 11.8. The van der Waals surface area contributed by atoms with E-state index in [1.54, 1.807) is 13.1 Å². The number of carbonyl (C=O) groups excluding carboxylic acids is 1. The van der Waals surface area contributed by atoms with Gasteiger partial charge < -0.3 is 5.32 Å². The molecule has 2 heterocycles. The number of alkyl halides is 3. The molecule has 7 nitrogen and oxygen atoms in total. The van der Waals surface area contributed by atoms with Crippen LogP contribution in [0.2, 0.25) is 0 Å². The van der Waals surface area contributed by atoms with Gasteiger partial charge >= 0.3 is 6.18 Å². The summed E-state index contributed by atoms with van der Waals surface area (Å²) < 4.78 is 56.5. The number of amides is 1. The van der Waals surface area contributed by atoms with Crippen molar-refractivity contribution in [2.24, 2.45) is 7.05 Å². The van der Waals surface area contributed by atoms with E-state index in [1.807, 2.05) is 0 Å². The maximum Gasteiger partial charge on any atom is 0.434 e. The third-order valence-electron chi connectivity index (χ3n) is 4.20. The first-order valence-corrected chi connectivity index (χ1v) is 8.26. The summed E-state index contributed by atoms with van der Waals surface area (Å²) in [7, 11) is 1.68. The van der Waals surface area contributed by atoms with Crippen LogP contribution in [-0.4, -0.2) is 30.7 Å². The number of rotatable bonds is 3. The Balaban J connectivity index is 1.72. The molecule has 0 atom stereocenters. The predicted octanol–water partition coefficient (Wildman–Crippen LogP) is 3.56. The highest BCUT2D eigenvalue weighted by molar-refractivity contribution is 6.05. The van der Waals surface area contributed by atoms with Gasteiger partial charge in [0.15, 0.2) is 5.69 Å². The van der Waals surface area contributed by atoms with Crippen molar-refractivity contribution >= 4 is 22.6 Å². The Kier molecular flexibility index (Phi) is 4.29. The number of halogens is 4. The van der Waals surface area contributed by atoms with Crippen molar-refractivity contribution in [2.45, 2.75) is 6.18 Å². The minimum absolute atomic E-state index is 0.155. The van der Waals surface area contributed by atoms with Crippen LogP contribution in [0.4, 0.5) is 23.2 Å². The summed E-state index contributed by atoms with van der Waals surface area (Å²) in [6.45, 7) is 0. The summed E-state index contributed by atoms with van der Waals surface area (Å²) >= 11 is 0. The van der Waals surface area contributed by atoms with Gasteiger partial charge in [-0.3, -0.25) is 4.79 Å². The molecule has 0 aliphatic heterocycles. The van der Waals surface area contributed by atoms with Gasteiger partial charge in [0, 0.05) is 12.7 Å². The molecule has 0 fully saturated rings. The fourth-order valence-electron chi connectivity index (χ4n) is 2.91. The predicted molar refractivity (Wildman–Crippen MR) is 95.0 cm³/mol. The summed E-state index contributed by atoms with van der Waals surface area (Å²) in [5.41, 5.74) is -0.746. The van der Waals surface area contributed by atoms with Gasteiger partial charge in [-0.05, 0) is 36.4 Å². The third-order valence-corrected chi connectivity index (χ3v) is 4.20. The molecule has 0 radical (unpaired) electrons. The van der Waals surface area contributed by atoms with Crippen LogP contribution < -0.4 is 5.32 Å². The fourth-order valence-corrected chi connectivity index (χ4v) is 2.91. The average molecular weight is 404 g/mol. The second kappa shape index (κ2) is 6.69. The average Bonchev–Trinajstić information content (AvgIpc) is 3.26. The van der Waals surface area contributed by atoms with Gasteiger partial charge in [-0.2, -0.15) is 18.3 Å². The van der Waals surface area contributed by atoms with E-state index in [4.69, 9.17) is 0 Å². The molecule has 148 valence electrons. The number of carbonyl (C=O) groups is 1. The van der Waals surface area contributed by atoms with Crippen molar-refractivity contribution < 1.29 is 22.4 Å². The smallest absolute Gasteiger partial charge is 0.322 e. The Hall–Kier alpha value is -3.76. The molecule has 0 saturated carbocycles. The minimum Gasteiger partial charge on any atom is -0.322 e. The first kappa shape index (κ1) is 18.6. The number of aryl methyl sites for hydroxylation is 1. The summed E-state index contributed by atoms with van der Waals surface area (Å²) in [5, 5.41) is 13.8. The number of hydrogen-bond donors (Lipinski definition) is 1. The van der Waals surface area contributed by atoms with E-state index in [-0.39, 0.29) is 11.4 Å². The van der Waals surface area contributed by atoms with Crippen molar-refractivity contribution in [3.63, 3.8) is 0 Å². The van der Waals surface area contributed by atoms with E-state index in [0.717, 1.165) is 18.3 Å². The number of anilines is 1. The summed E-state index contributed by atoms with van der Waals surface area (Å²) in [6.07, 6.45) is -4.10. The Bertz CT molecular complexity index is 1230. The molecule has 11 heteroatoms. The molecule has 1 N–H and O–H groups in total. The van der Waals surface area contributed by atoms with E-state index in [2.05, 4.69) is 20.7 Å². The maximum atomic E-state index is 13.7.